The predicted molar refractivity (Wildman–Crippen MR) is 59.2 cm³/mol. The fraction of sp³-hybridized carbons (Fsp3) is 0.500. The largest absolute Gasteiger partial charge is 0.441 e. The van der Waals surface area contributed by atoms with E-state index in [1.54, 1.807) is 18.5 Å². The van der Waals surface area contributed by atoms with Crippen molar-refractivity contribution in [2.24, 2.45) is 0 Å². The van der Waals surface area contributed by atoms with Gasteiger partial charge in [0, 0.05) is 30.7 Å². The molecule has 0 aliphatic rings. The van der Waals surface area contributed by atoms with E-state index in [0.29, 0.717) is 6.54 Å². The normalized spacial score (nSPS) is 13.8. The van der Waals surface area contributed by atoms with Gasteiger partial charge in [0.05, 0.1) is 0 Å². The van der Waals surface area contributed by atoms with E-state index in [1.807, 2.05) is 13.0 Å². The van der Waals surface area contributed by atoms with Crippen LogP contribution in [0.1, 0.15) is 18.5 Å². The molecule has 16 heavy (non-hydrogen) atoms. The maximum absolute atomic E-state index is 11.8. The highest BCUT2D eigenvalue weighted by atomic mass is 32.2. The monoisotopic (exact) mass is 250 g/mol. The van der Waals surface area contributed by atoms with Gasteiger partial charge in [-0.15, -0.1) is 0 Å². The van der Waals surface area contributed by atoms with E-state index in [4.69, 9.17) is 0 Å². The number of nitrogens with zero attached hydrogens (tertiary/aromatic N) is 1. The summed E-state index contributed by atoms with van der Waals surface area (Å²) in [7, 11) is 0. The van der Waals surface area contributed by atoms with E-state index in [2.05, 4.69) is 10.3 Å². The number of aromatic nitrogens is 1. The average Bonchev–Trinajstić information content (AvgIpc) is 2.24. The van der Waals surface area contributed by atoms with Gasteiger partial charge in [-0.05, 0) is 30.3 Å². The molecule has 1 N–H and O–H groups in total. The zero-order valence-corrected chi connectivity index (χ0v) is 9.61. The molecule has 6 heteroatoms. The van der Waals surface area contributed by atoms with Crippen molar-refractivity contribution in [1.29, 1.82) is 0 Å². The third-order valence-electron chi connectivity index (χ3n) is 2.00. The van der Waals surface area contributed by atoms with Crippen LogP contribution < -0.4 is 5.32 Å². The molecule has 1 heterocycles. The highest BCUT2D eigenvalue weighted by Gasteiger charge is 2.27. The van der Waals surface area contributed by atoms with Crippen LogP contribution in [-0.4, -0.2) is 22.8 Å². The van der Waals surface area contributed by atoms with Crippen LogP contribution in [0, 0.1) is 0 Å². The number of hydrogen-bond acceptors (Lipinski definition) is 3. The fourth-order valence-corrected chi connectivity index (χ4v) is 1.64. The quantitative estimate of drug-likeness (QED) is 0.813. The topological polar surface area (TPSA) is 24.9 Å². The van der Waals surface area contributed by atoms with Crippen LogP contribution in [0.2, 0.25) is 0 Å². The van der Waals surface area contributed by atoms with E-state index in [0.717, 1.165) is 5.56 Å². The molecule has 0 radical (unpaired) electrons. The highest BCUT2D eigenvalue weighted by Crippen LogP contribution is 2.29. The van der Waals surface area contributed by atoms with Crippen LogP contribution >= 0.6 is 11.8 Å². The summed E-state index contributed by atoms with van der Waals surface area (Å²) < 4.78 is 35.5. The number of halogens is 3. The second-order valence-electron chi connectivity index (χ2n) is 3.26. The Morgan fingerprint density at radius 2 is 2.25 bits per heavy atom. The Hall–Kier alpha value is -0.750. The number of hydrogen-bond donors (Lipinski definition) is 1. The van der Waals surface area contributed by atoms with E-state index < -0.39 is 5.51 Å². The first-order chi connectivity index (χ1) is 7.49. The molecule has 0 aliphatic carbocycles. The van der Waals surface area contributed by atoms with Crippen molar-refractivity contribution in [3.63, 3.8) is 0 Å². The van der Waals surface area contributed by atoms with Gasteiger partial charge in [-0.1, -0.05) is 6.07 Å². The van der Waals surface area contributed by atoms with Crippen molar-refractivity contribution in [2.75, 3.05) is 12.3 Å². The van der Waals surface area contributed by atoms with E-state index >= 15 is 0 Å². The Kier molecular flexibility index (Phi) is 5.08. The summed E-state index contributed by atoms with van der Waals surface area (Å²) in [6.07, 6.45) is 3.37. The van der Waals surface area contributed by atoms with Crippen molar-refractivity contribution < 1.29 is 13.2 Å². The number of nitrogens with one attached hydrogen (secondary N) is 1. The average molecular weight is 250 g/mol. The SMILES string of the molecule is C[C@@H](NCCSC(F)(F)F)c1cccnc1. The van der Waals surface area contributed by atoms with Crippen LogP contribution in [0.5, 0.6) is 0 Å². The molecule has 1 atom stereocenters. The van der Waals surface area contributed by atoms with Crippen LogP contribution in [0.4, 0.5) is 13.2 Å². The smallest absolute Gasteiger partial charge is 0.309 e. The third-order valence-corrected chi connectivity index (χ3v) is 2.74. The Balaban J connectivity index is 2.24. The third kappa shape index (κ3) is 5.37. The maximum Gasteiger partial charge on any atom is 0.441 e. The van der Waals surface area contributed by atoms with Gasteiger partial charge in [0.15, 0.2) is 0 Å². The fourth-order valence-electron chi connectivity index (χ4n) is 1.19. The minimum absolute atomic E-state index is 0.00738. The van der Waals surface area contributed by atoms with Crippen LogP contribution in [0.3, 0.4) is 0 Å². The molecule has 0 fully saturated rings. The lowest BCUT2D eigenvalue weighted by Gasteiger charge is -2.13. The van der Waals surface area contributed by atoms with Gasteiger partial charge < -0.3 is 5.32 Å². The summed E-state index contributed by atoms with van der Waals surface area (Å²) in [4.78, 5) is 3.95. The summed E-state index contributed by atoms with van der Waals surface area (Å²) in [6, 6.07) is 3.71. The maximum atomic E-state index is 11.8. The number of rotatable bonds is 5. The molecule has 0 aliphatic heterocycles. The van der Waals surface area contributed by atoms with Crippen molar-refractivity contribution in [2.45, 2.75) is 18.5 Å². The number of alkyl halides is 3. The molecule has 0 saturated heterocycles. The van der Waals surface area contributed by atoms with Gasteiger partial charge >= 0.3 is 5.51 Å². The van der Waals surface area contributed by atoms with Crippen molar-refractivity contribution in [1.82, 2.24) is 10.3 Å². The molecule has 0 amide bonds. The van der Waals surface area contributed by atoms with Gasteiger partial charge in [-0.25, -0.2) is 0 Å². The Morgan fingerprint density at radius 1 is 1.50 bits per heavy atom. The van der Waals surface area contributed by atoms with Crippen molar-refractivity contribution >= 4 is 11.8 Å². The molecule has 0 spiro atoms. The Bertz CT molecular complexity index is 303. The summed E-state index contributed by atoms with van der Waals surface area (Å²) in [6.45, 7) is 2.22. The second-order valence-corrected chi connectivity index (χ2v) is 4.42. The van der Waals surface area contributed by atoms with Crippen LogP contribution in [0.25, 0.3) is 0 Å². The van der Waals surface area contributed by atoms with E-state index in [-0.39, 0.29) is 23.6 Å². The van der Waals surface area contributed by atoms with Gasteiger partial charge in [0.25, 0.3) is 0 Å². The summed E-state index contributed by atoms with van der Waals surface area (Å²) in [5.74, 6) is 0.0219. The first-order valence-electron chi connectivity index (χ1n) is 4.83. The molecule has 0 unspecified atom stereocenters. The van der Waals surface area contributed by atoms with Gasteiger partial charge in [-0.2, -0.15) is 13.2 Å². The minimum Gasteiger partial charge on any atom is -0.309 e. The first kappa shape index (κ1) is 13.3. The number of thioether (sulfide) groups is 1. The summed E-state index contributed by atoms with van der Waals surface area (Å²) in [5, 5.41) is 3.01. The molecule has 0 bridgehead atoms. The lowest BCUT2D eigenvalue weighted by molar-refractivity contribution is -0.0327. The first-order valence-corrected chi connectivity index (χ1v) is 5.81. The van der Waals surface area contributed by atoms with Crippen LogP contribution in [-0.2, 0) is 0 Å². The lowest BCUT2D eigenvalue weighted by atomic mass is 10.1. The lowest BCUT2D eigenvalue weighted by Crippen LogP contribution is -2.22. The summed E-state index contributed by atoms with van der Waals surface area (Å²) >= 11 is -0.00738. The molecule has 0 saturated carbocycles. The Labute approximate surface area is 96.6 Å². The van der Waals surface area contributed by atoms with Gasteiger partial charge in [0.2, 0.25) is 0 Å². The molecule has 0 aromatic carbocycles. The zero-order chi connectivity index (χ0) is 12.0. The highest BCUT2D eigenvalue weighted by molar-refractivity contribution is 8.00. The van der Waals surface area contributed by atoms with E-state index in [1.165, 1.54) is 0 Å². The molecular weight excluding hydrogens is 237 g/mol. The molecule has 1 aromatic heterocycles. The zero-order valence-electron chi connectivity index (χ0n) is 8.79. The number of pyridine rings is 1. The molecule has 90 valence electrons. The molecule has 1 aromatic rings. The Morgan fingerprint density at radius 3 is 2.81 bits per heavy atom. The molecule has 2 nitrogen and oxygen atoms in total. The predicted octanol–water partition coefficient (Wildman–Crippen LogP) is 2.99. The van der Waals surface area contributed by atoms with Gasteiger partial charge in [0.1, 0.15) is 0 Å². The summed E-state index contributed by atoms with van der Waals surface area (Å²) in [5.41, 5.74) is -3.17. The van der Waals surface area contributed by atoms with E-state index in [9.17, 15) is 13.2 Å². The molecular formula is C10H13F3N2S. The standard InChI is InChI=1S/C10H13F3N2S/c1-8(9-3-2-4-14-7-9)15-5-6-16-10(11,12)13/h2-4,7-8,15H,5-6H2,1H3/t8-/m1/s1. The van der Waals surface area contributed by atoms with Crippen molar-refractivity contribution in [3.8, 4) is 0 Å². The second kappa shape index (κ2) is 6.10. The van der Waals surface area contributed by atoms with Crippen molar-refractivity contribution in [3.05, 3.63) is 30.1 Å². The van der Waals surface area contributed by atoms with Gasteiger partial charge in [-0.3, -0.25) is 4.98 Å². The minimum atomic E-state index is -4.14. The molecule has 1 rings (SSSR count). The van der Waals surface area contributed by atoms with Crippen LogP contribution in [0.15, 0.2) is 24.5 Å².